The zero-order valence-corrected chi connectivity index (χ0v) is 10.3. The molecule has 0 nitrogen and oxygen atoms in total. The summed E-state index contributed by atoms with van der Waals surface area (Å²) in [6.07, 6.45) is 8.56. The van der Waals surface area contributed by atoms with Gasteiger partial charge in [0.2, 0.25) is 0 Å². The monoisotopic (exact) mass is 188 g/mol. The summed E-state index contributed by atoms with van der Waals surface area (Å²) in [5, 5.41) is 0. The number of hydrogen-bond donors (Lipinski definition) is 0. The van der Waals surface area contributed by atoms with Gasteiger partial charge in [0.1, 0.15) is 0 Å². The second-order valence-corrected chi connectivity index (χ2v) is 8.86. The van der Waals surface area contributed by atoms with Crippen LogP contribution in [0.2, 0.25) is 0 Å². The van der Waals surface area contributed by atoms with Crippen molar-refractivity contribution in [2.24, 2.45) is 11.8 Å². The highest BCUT2D eigenvalue weighted by molar-refractivity contribution is 7.73. The van der Waals surface area contributed by atoms with Crippen molar-refractivity contribution in [2.45, 2.75) is 34.6 Å². The Hall–Kier alpha value is 0.300. The lowest BCUT2D eigenvalue weighted by Gasteiger charge is -2.26. The summed E-state index contributed by atoms with van der Waals surface area (Å²) in [7, 11) is 0. The first-order chi connectivity index (χ1) is 5.39. The van der Waals surface area contributed by atoms with E-state index in [4.69, 9.17) is 0 Å². The van der Waals surface area contributed by atoms with Crippen molar-refractivity contribution in [3.8, 4) is 0 Å². The Morgan fingerprint density at radius 2 is 1.33 bits per heavy atom. The third-order valence-corrected chi connectivity index (χ3v) is 6.53. The molecule has 0 atom stereocenters. The van der Waals surface area contributed by atoms with Crippen molar-refractivity contribution >= 4 is 13.2 Å². The van der Waals surface area contributed by atoms with Crippen molar-refractivity contribution in [1.29, 1.82) is 0 Å². The van der Waals surface area contributed by atoms with Crippen LogP contribution in [0.15, 0.2) is 0 Å². The molecule has 0 saturated heterocycles. The summed E-state index contributed by atoms with van der Waals surface area (Å²) < 4.78 is 0. The van der Waals surface area contributed by atoms with E-state index in [9.17, 15) is 0 Å². The van der Waals surface area contributed by atoms with Crippen molar-refractivity contribution in [1.82, 2.24) is 0 Å². The summed E-state index contributed by atoms with van der Waals surface area (Å²) in [5.74, 6) is 1.66. The summed E-state index contributed by atoms with van der Waals surface area (Å²) >= 11 is 0. The molecule has 0 aromatic carbocycles. The number of hydrogen-bond acceptors (Lipinski definition) is 0. The van der Waals surface area contributed by atoms with Crippen LogP contribution in [0.3, 0.4) is 0 Å². The molecule has 0 heterocycles. The van der Waals surface area contributed by atoms with Crippen molar-refractivity contribution in [3.05, 3.63) is 0 Å². The molecule has 0 unspecified atom stereocenters. The quantitative estimate of drug-likeness (QED) is 0.576. The molecule has 0 aliphatic carbocycles. The molecule has 0 N–H and O–H groups in total. The van der Waals surface area contributed by atoms with Crippen LogP contribution in [0.5, 0.6) is 0 Å². The average Bonchev–Trinajstić information content (AvgIpc) is 1.83. The van der Waals surface area contributed by atoms with Crippen LogP contribution in [-0.2, 0) is 0 Å². The lowest BCUT2D eigenvalue weighted by molar-refractivity contribution is 0.716. The van der Waals surface area contributed by atoms with E-state index in [1.807, 2.05) is 0 Å². The van der Waals surface area contributed by atoms with Crippen LogP contribution in [-0.4, -0.2) is 24.8 Å². The maximum absolute atomic E-state index is 4.48. The van der Waals surface area contributed by atoms with Gasteiger partial charge in [0, 0.05) is 0 Å². The van der Waals surface area contributed by atoms with E-state index in [0.717, 1.165) is 11.8 Å². The van der Waals surface area contributed by atoms with Gasteiger partial charge in [0.15, 0.2) is 0 Å². The third-order valence-electron chi connectivity index (χ3n) is 2.18. The van der Waals surface area contributed by atoms with E-state index in [1.54, 1.807) is 0 Å². The van der Waals surface area contributed by atoms with Gasteiger partial charge in [-0.05, 0) is 30.3 Å². The van der Waals surface area contributed by atoms with E-state index >= 15 is 0 Å². The molecule has 0 spiro atoms. The van der Waals surface area contributed by atoms with Crippen molar-refractivity contribution < 1.29 is 0 Å². The predicted octanol–water partition coefficient (Wildman–Crippen LogP) is 3.77. The Labute approximate surface area is 78.7 Å². The maximum atomic E-state index is 4.48. The normalized spacial score (nSPS) is 12.9. The van der Waals surface area contributed by atoms with Gasteiger partial charge < -0.3 is 0 Å². The van der Waals surface area contributed by atoms with E-state index in [1.165, 1.54) is 18.5 Å². The van der Waals surface area contributed by atoms with Gasteiger partial charge in [-0.25, -0.2) is 0 Å². The van der Waals surface area contributed by atoms with Crippen LogP contribution in [0, 0.1) is 11.8 Å². The van der Waals surface area contributed by atoms with Crippen LogP contribution in [0.25, 0.3) is 0 Å². The fourth-order valence-electron chi connectivity index (χ4n) is 1.88. The Morgan fingerprint density at radius 3 is 1.50 bits per heavy atom. The molecule has 0 amide bonds. The summed E-state index contributed by atoms with van der Waals surface area (Å²) in [6.45, 7) is 10.8. The maximum Gasteiger partial charge on any atom is -0.0309 e. The molecule has 0 radical (unpaired) electrons. The van der Waals surface area contributed by atoms with Gasteiger partial charge in [-0.1, -0.05) is 34.6 Å². The molecule has 12 heavy (non-hydrogen) atoms. The molecule has 0 aliphatic heterocycles. The first-order valence-electron chi connectivity index (χ1n) is 5.10. The fourth-order valence-corrected chi connectivity index (χ4v) is 5.65. The lowest BCUT2D eigenvalue weighted by atomic mass is 10.3. The van der Waals surface area contributed by atoms with Crippen LogP contribution >= 0.6 is 6.89 Å². The third kappa shape index (κ3) is 5.04. The number of rotatable bonds is 5. The molecule has 0 rings (SSSR count). The molecule has 0 aromatic heterocycles. The Kier molecular flexibility index (Phi) is 5.25. The standard InChI is InChI=1S/C11H25P/c1-7-12(6,8-10(2)3)9-11(4)5/h10-11H,6-9H2,1-5H3. The first kappa shape index (κ1) is 12.3. The van der Waals surface area contributed by atoms with E-state index in [-0.39, 0.29) is 0 Å². The lowest BCUT2D eigenvalue weighted by Crippen LogP contribution is -2.07. The summed E-state index contributed by atoms with van der Waals surface area (Å²) in [5.41, 5.74) is 0. The minimum absolute atomic E-state index is 0.812. The topological polar surface area (TPSA) is 0 Å². The molecular weight excluding hydrogens is 163 g/mol. The van der Waals surface area contributed by atoms with Crippen LogP contribution in [0.4, 0.5) is 0 Å². The Bertz CT molecular complexity index is 142. The largest absolute Gasteiger partial charge is 0.112 e. The van der Waals surface area contributed by atoms with E-state index in [2.05, 4.69) is 40.9 Å². The Balaban J connectivity index is 4.15. The first-order valence-corrected chi connectivity index (χ1v) is 7.63. The van der Waals surface area contributed by atoms with Gasteiger partial charge in [-0.3, -0.25) is 0 Å². The second-order valence-electron chi connectivity index (χ2n) is 4.81. The predicted molar refractivity (Wildman–Crippen MR) is 64.0 cm³/mol. The summed E-state index contributed by atoms with van der Waals surface area (Å²) in [6, 6.07) is 0. The average molecular weight is 188 g/mol. The molecule has 1 heteroatoms. The van der Waals surface area contributed by atoms with Gasteiger partial charge in [-0.15, -0.1) is 13.2 Å². The molecule has 0 aromatic rings. The zero-order valence-electron chi connectivity index (χ0n) is 9.43. The van der Waals surface area contributed by atoms with Crippen LogP contribution < -0.4 is 0 Å². The fraction of sp³-hybridized carbons (Fsp3) is 0.909. The minimum Gasteiger partial charge on any atom is -0.112 e. The van der Waals surface area contributed by atoms with Gasteiger partial charge >= 0.3 is 0 Å². The zero-order chi connectivity index (χ0) is 9.78. The van der Waals surface area contributed by atoms with Gasteiger partial charge in [0.05, 0.1) is 0 Å². The summed E-state index contributed by atoms with van der Waals surface area (Å²) in [4.78, 5) is 0. The minimum atomic E-state index is -0.812. The van der Waals surface area contributed by atoms with E-state index in [0.29, 0.717) is 0 Å². The van der Waals surface area contributed by atoms with Gasteiger partial charge in [0.25, 0.3) is 0 Å². The Morgan fingerprint density at radius 1 is 1.00 bits per heavy atom. The van der Waals surface area contributed by atoms with Crippen molar-refractivity contribution in [3.63, 3.8) is 0 Å². The highest BCUT2D eigenvalue weighted by atomic mass is 31.2. The van der Waals surface area contributed by atoms with Crippen molar-refractivity contribution in [2.75, 3.05) is 18.5 Å². The smallest absolute Gasteiger partial charge is 0.0309 e. The molecule has 0 saturated carbocycles. The highest BCUT2D eigenvalue weighted by Gasteiger charge is 2.14. The van der Waals surface area contributed by atoms with Gasteiger partial charge in [-0.2, -0.15) is 0 Å². The van der Waals surface area contributed by atoms with E-state index < -0.39 is 6.89 Å². The molecule has 74 valence electrons. The molecular formula is C11H25P. The highest BCUT2D eigenvalue weighted by Crippen LogP contribution is 2.47. The van der Waals surface area contributed by atoms with Crippen LogP contribution in [0.1, 0.15) is 34.6 Å². The molecule has 0 fully saturated rings. The molecule has 0 aliphatic rings. The molecule has 0 bridgehead atoms. The SMILES string of the molecule is C=P(CC)(CC(C)C)CC(C)C. The second kappa shape index (κ2) is 5.12.